The third-order valence-electron chi connectivity index (χ3n) is 6.38. The molecule has 186 valence electrons. The van der Waals surface area contributed by atoms with E-state index in [1.165, 1.54) is 4.90 Å². The number of likely N-dealkylation sites (tertiary alicyclic amines) is 1. The number of methoxy groups -OCH3 is 1. The number of Topliss-reactive ketones (excluding diaryl/α,β-unsaturated/α-hetero) is 1. The van der Waals surface area contributed by atoms with Gasteiger partial charge in [-0.15, -0.1) is 0 Å². The Balaban J connectivity index is 1.80. The number of ketones is 1. The van der Waals surface area contributed by atoms with Crippen molar-refractivity contribution < 1.29 is 24.2 Å². The average Bonchev–Trinajstić information content (AvgIpc) is 3.11. The van der Waals surface area contributed by atoms with Crippen LogP contribution in [-0.4, -0.2) is 34.9 Å². The maximum atomic E-state index is 13.3. The summed E-state index contributed by atoms with van der Waals surface area (Å²) >= 11 is 0. The van der Waals surface area contributed by atoms with Gasteiger partial charge in [0.15, 0.2) is 0 Å². The molecular weight excluding hydrogens is 454 g/mol. The molecule has 0 aromatic heterocycles. The molecule has 6 nitrogen and oxygen atoms in total. The van der Waals surface area contributed by atoms with Gasteiger partial charge in [0.2, 0.25) is 0 Å². The second kappa shape index (κ2) is 10.3. The predicted octanol–water partition coefficient (Wildman–Crippen LogP) is 5.72. The van der Waals surface area contributed by atoms with Crippen LogP contribution in [0, 0.1) is 13.8 Å². The second-order valence-corrected chi connectivity index (χ2v) is 9.31. The van der Waals surface area contributed by atoms with Crippen molar-refractivity contribution in [1.82, 2.24) is 4.90 Å². The Labute approximate surface area is 211 Å². The van der Waals surface area contributed by atoms with Crippen LogP contribution in [0.2, 0.25) is 0 Å². The molecule has 6 heteroatoms. The van der Waals surface area contributed by atoms with Gasteiger partial charge in [0, 0.05) is 12.1 Å². The fourth-order valence-electron chi connectivity index (χ4n) is 4.39. The van der Waals surface area contributed by atoms with Crippen molar-refractivity contribution in [3.05, 3.63) is 100 Å². The van der Waals surface area contributed by atoms with Gasteiger partial charge in [-0.25, -0.2) is 0 Å². The van der Waals surface area contributed by atoms with Crippen LogP contribution in [0.3, 0.4) is 0 Å². The number of nitrogens with zero attached hydrogens (tertiary/aromatic N) is 1. The standard InChI is InChI=1S/C30H31NO5/c1-18(2)36-24-13-10-21(11-14-24)17-31-27(22-7-6-8-25(16-22)35-5)26(29(33)30(31)34)28(32)23-12-9-19(3)20(4)15-23/h6-16,18,27,32H,17H2,1-5H3/b28-26-. The first kappa shape index (κ1) is 25.0. The highest BCUT2D eigenvalue weighted by molar-refractivity contribution is 6.46. The lowest BCUT2D eigenvalue weighted by Gasteiger charge is -2.26. The number of aliphatic hydroxyl groups is 1. The zero-order valence-electron chi connectivity index (χ0n) is 21.2. The lowest BCUT2D eigenvalue weighted by atomic mass is 9.94. The highest BCUT2D eigenvalue weighted by Crippen LogP contribution is 2.41. The van der Waals surface area contributed by atoms with E-state index in [-0.39, 0.29) is 24.0 Å². The fourth-order valence-corrected chi connectivity index (χ4v) is 4.39. The minimum absolute atomic E-state index is 0.0483. The third kappa shape index (κ3) is 4.98. The fraction of sp³-hybridized carbons (Fsp3) is 0.267. The van der Waals surface area contributed by atoms with Crippen LogP contribution in [0.4, 0.5) is 0 Å². The van der Waals surface area contributed by atoms with Crippen LogP contribution in [0.15, 0.2) is 72.3 Å². The van der Waals surface area contributed by atoms with Crippen LogP contribution >= 0.6 is 0 Å². The van der Waals surface area contributed by atoms with Crippen molar-refractivity contribution in [2.45, 2.75) is 46.4 Å². The zero-order valence-corrected chi connectivity index (χ0v) is 21.2. The predicted molar refractivity (Wildman–Crippen MR) is 139 cm³/mol. The molecule has 0 saturated carbocycles. The number of aryl methyl sites for hydroxylation is 2. The van der Waals surface area contributed by atoms with Gasteiger partial charge in [-0.2, -0.15) is 0 Å². The highest BCUT2D eigenvalue weighted by atomic mass is 16.5. The van der Waals surface area contributed by atoms with Gasteiger partial charge < -0.3 is 19.5 Å². The number of carbonyl (C=O) groups is 2. The molecule has 0 radical (unpaired) electrons. The molecule has 3 aromatic carbocycles. The van der Waals surface area contributed by atoms with E-state index >= 15 is 0 Å². The van der Waals surface area contributed by atoms with E-state index in [0.717, 1.165) is 22.4 Å². The molecule has 3 aromatic rings. The van der Waals surface area contributed by atoms with E-state index < -0.39 is 17.7 Å². The van der Waals surface area contributed by atoms with Gasteiger partial charge >= 0.3 is 0 Å². The third-order valence-corrected chi connectivity index (χ3v) is 6.38. The van der Waals surface area contributed by atoms with Crippen LogP contribution in [0.1, 0.15) is 47.7 Å². The molecule has 1 fully saturated rings. The molecule has 1 amide bonds. The number of hydrogen-bond donors (Lipinski definition) is 1. The maximum Gasteiger partial charge on any atom is 0.295 e. The van der Waals surface area contributed by atoms with Gasteiger partial charge in [0.1, 0.15) is 17.3 Å². The van der Waals surface area contributed by atoms with Crippen molar-refractivity contribution >= 4 is 17.4 Å². The number of ether oxygens (including phenoxy) is 2. The molecule has 4 rings (SSSR count). The Morgan fingerprint density at radius 3 is 2.31 bits per heavy atom. The summed E-state index contributed by atoms with van der Waals surface area (Å²) in [7, 11) is 1.56. The van der Waals surface area contributed by atoms with E-state index in [0.29, 0.717) is 16.9 Å². The SMILES string of the molecule is COc1cccc(C2/C(=C(/O)c3ccc(C)c(C)c3)C(=O)C(=O)N2Cc2ccc(OC(C)C)cc2)c1. The molecule has 1 saturated heterocycles. The summed E-state index contributed by atoms with van der Waals surface area (Å²) in [6, 6.07) is 19.4. The van der Waals surface area contributed by atoms with Gasteiger partial charge in [0.25, 0.3) is 11.7 Å². The molecule has 1 atom stereocenters. The summed E-state index contributed by atoms with van der Waals surface area (Å²) in [5.74, 6) is -0.226. The lowest BCUT2D eigenvalue weighted by molar-refractivity contribution is -0.140. The van der Waals surface area contributed by atoms with E-state index in [4.69, 9.17) is 9.47 Å². The molecule has 0 bridgehead atoms. The maximum absolute atomic E-state index is 13.3. The summed E-state index contributed by atoms with van der Waals surface area (Å²) in [6.45, 7) is 8.02. The van der Waals surface area contributed by atoms with E-state index in [2.05, 4.69) is 0 Å². The minimum Gasteiger partial charge on any atom is -0.507 e. The monoisotopic (exact) mass is 485 g/mol. The molecule has 0 spiro atoms. The Morgan fingerprint density at radius 2 is 1.67 bits per heavy atom. The van der Waals surface area contributed by atoms with Gasteiger partial charge in [-0.3, -0.25) is 9.59 Å². The molecule has 36 heavy (non-hydrogen) atoms. The molecule has 1 aliphatic rings. The summed E-state index contributed by atoms with van der Waals surface area (Å²) < 4.78 is 11.1. The Kier molecular flexibility index (Phi) is 7.15. The van der Waals surface area contributed by atoms with Gasteiger partial charge in [-0.05, 0) is 80.3 Å². The smallest absolute Gasteiger partial charge is 0.295 e. The topological polar surface area (TPSA) is 76.1 Å². The van der Waals surface area contributed by atoms with Crippen molar-refractivity contribution in [3.63, 3.8) is 0 Å². The van der Waals surface area contributed by atoms with Gasteiger partial charge in [0.05, 0.1) is 24.8 Å². The Morgan fingerprint density at radius 1 is 0.944 bits per heavy atom. The quantitative estimate of drug-likeness (QED) is 0.263. The number of aliphatic hydroxyl groups excluding tert-OH is 1. The number of rotatable bonds is 7. The van der Waals surface area contributed by atoms with E-state index in [1.54, 1.807) is 25.3 Å². The molecular formula is C30H31NO5. The first-order chi connectivity index (χ1) is 17.2. The van der Waals surface area contributed by atoms with Crippen molar-refractivity contribution in [3.8, 4) is 11.5 Å². The van der Waals surface area contributed by atoms with E-state index in [1.807, 2.05) is 76.2 Å². The van der Waals surface area contributed by atoms with Crippen LogP contribution in [-0.2, 0) is 16.1 Å². The Bertz CT molecular complexity index is 1320. The number of amides is 1. The normalized spacial score (nSPS) is 17.1. The summed E-state index contributed by atoms with van der Waals surface area (Å²) in [4.78, 5) is 28.1. The van der Waals surface area contributed by atoms with Crippen molar-refractivity contribution in [2.75, 3.05) is 7.11 Å². The molecule has 1 aliphatic heterocycles. The highest BCUT2D eigenvalue weighted by Gasteiger charge is 2.46. The summed E-state index contributed by atoms with van der Waals surface area (Å²) in [6.07, 6.45) is 0.0483. The number of carbonyl (C=O) groups excluding carboxylic acids is 2. The van der Waals surface area contributed by atoms with Crippen molar-refractivity contribution in [2.24, 2.45) is 0 Å². The number of benzene rings is 3. The van der Waals surface area contributed by atoms with E-state index in [9.17, 15) is 14.7 Å². The first-order valence-corrected chi connectivity index (χ1v) is 11.9. The largest absolute Gasteiger partial charge is 0.507 e. The first-order valence-electron chi connectivity index (χ1n) is 11.9. The van der Waals surface area contributed by atoms with Crippen LogP contribution in [0.25, 0.3) is 5.76 Å². The lowest BCUT2D eigenvalue weighted by Crippen LogP contribution is -2.29. The number of hydrogen-bond acceptors (Lipinski definition) is 5. The molecule has 1 heterocycles. The Hall–Kier alpha value is -4.06. The van der Waals surface area contributed by atoms with Gasteiger partial charge in [-0.1, -0.05) is 36.4 Å². The van der Waals surface area contributed by atoms with Crippen LogP contribution in [0.5, 0.6) is 11.5 Å². The molecule has 1 N–H and O–H groups in total. The summed E-state index contributed by atoms with van der Waals surface area (Å²) in [5, 5.41) is 11.3. The molecule has 1 unspecified atom stereocenters. The average molecular weight is 486 g/mol. The minimum atomic E-state index is -0.770. The zero-order chi connectivity index (χ0) is 26.0. The summed E-state index contributed by atoms with van der Waals surface area (Å²) in [5.41, 5.74) is 4.14. The second-order valence-electron chi connectivity index (χ2n) is 9.31. The van der Waals surface area contributed by atoms with Crippen molar-refractivity contribution in [1.29, 1.82) is 0 Å². The molecule has 0 aliphatic carbocycles. The van der Waals surface area contributed by atoms with Crippen LogP contribution < -0.4 is 9.47 Å².